The van der Waals surface area contributed by atoms with Crippen LogP contribution in [0, 0.1) is 0 Å². The highest BCUT2D eigenvalue weighted by Gasteiger charge is 2.10. The van der Waals surface area contributed by atoms with Crippen molar-refractivity contribution >= 4 is 11.5 Å². The molecule has 0 atom stereocenters. The van der Waals surface area contributed by atoms with Gasteiger partial charge in [-0.2, -0.15) is 10.1 Å². The molecule has 2 aromatic heterocycles. The number of nitrogens with two attached hydrogens (primary N) is 1. The molecule has 0 aromatic carbocycles. The van der Waals surface area contributed by atoms with E-state index < -0.39 is 0 Å². The normalized spacial score (nSPS) is 10.8. The van der Waals surface area contributed by atoms with Crippen LogP contribution in [0.15, 0.2) is 24.8 Å². The van der Waals surface area contributed by atoms with Crippen molar-refractivity contribution in [2.45, 2.75) is 32.9 Å². The second-order valence-corrected chi connectivity index (χ2v) is 4.66. The molecule has 7 nitrogen and oxygen atoms in total. The number of nitrogens with one attached hydrogen (secondary N) is 1. The van der Waals surface area contributed by atoms with E-state index >= 15 is 0 Å². The number of rotatable bonds is 7. The van der Waals surface area contributed by atoms with Crippen molar-refractivity contribution in [3.05, 3.63) is 24.8 Å². The summed E-state index contributed by atoms with van der Waals surface area (Å²) >= 11 is 0. The van der Waals surface area contributed by atoms with E-state index in [0.717, 1.165) is 19.5 Å². The van der Waals surface area contributed by atoms with Crippen molar-refractivity contribution in [2.24, 2.45) is 0 Å². The lowest BCUT2D eigenvalue weighted by atomic mass is 10.4. The number of aromatic nitrogens is 4. The zero-order valence-electron chi connectivity index (χ0n) is 11.8. The van der Waals surface area contributed by atoms with E-state index in [0.29, 0.717) is 17.4 Å². The van der Waals surface area contributed by atoms with Gasteiger partial charge in [-0.05, 0) is 26.3 Å². The summed E-state index contributed by atoms with van der Waals surface area (Å²) in [6.45, 7) is 5.46. The predicted octanol–water partition coefficient (Wildman–Crippen LogP) is 1.54. The second-order valence-electron chi connectivity index (χ2n) is 4.66. The first-order chi connectivity index (χ1) is 9.66. The summed E-state index contributed by atoms with van der Waals surface area (Å²) in [5.74, 6) is 1.03. The molecular weight excluding hydrogens is 256 g/mol. The third-order valence-electron chi connectivity index (χ3n) is 2.61. The molecule has 0 saturated heterocycles. The van der Waals surface area contributed by atoms with Crippen LogP contribution in [0.1, 0.15) is 20.3 Å². The van der Waals surface area contributed by atoms with E-state index in [1.54, 1.807) is 6.20 Å². The van der Waals surface area contributed by atoms with Crippen LogP contribution in [0.4, 0.5) is 11.5 Å². The number of nitrogens with zero attached hydrogens (tertiary/aromatic N) is 4. The Morgan fingerprint density at radius 2 is 2.25 bits per heavy atom. The van der Waals surface area contributed by atoms with E-state index in [2.05, 4.69) is 20.4 Å². The van der Waals surface area contributed by atoms with E-state index in [4.69, 9.17) is 10.5 Å². The largest absolute Gasteiger partial charge is 0.473 e. The van der Waals surface area contributed by atoms with Crippen molar-refractivity contribution in [2.75, 3.05) is 17.6 Å². The molecule has 0 spiro atoms. The molecule has 0 bridgehead atoms. The molecule has 0 fully saturated rings. The van der Waals surface area contributed by atoms with Crippen LogP contribution >= 0.6 is 0 Å². The Bertz CT molecular complexity index is 526. The van der Waals surface area contributed by atoms with Crippen LogP contribution in [-0.4, -0.2) is 32.4 Å². The Labute approximate surface area is 118 Å². The SMILES string of the molecule is CC(C)Oc1ncnc(NCCCn2cccn2)c1N. The third kappa shape index (κ3) is 3.84. The molecule has 7 heteroatoms. The Hall–Kier alpha value is -2.31. The summed E-state index contributed by atoms with van der Waals surface area (Å²) in [7, 11) is 0. The fourth-order valence-corrected chi connectivity index (χ4v) is 1.72. The van der Waals surface area contributed by atoms with Crippen LogP contribution in [0.5, 0.6) is 5.88 Å². The Balaban J connectivity index is 1.86. The fraction of sp³-hybridized carbons (Fsp3) is 0.462. The molecule has 0 unspecified atom stereocenters. The minimum absolute atomic E-state index is 0.0277. The second kappa shape index (κ2) is 6.74. The Morgan fingerprint density at radius 1 is 1.40 bits per heavy atom. The summed E-state index contributed by atoms with van der Waals surface area (Å²) in [6.07, 6.45) is 6.11. The molecule has 3 N–H and O–H groups in total. The number of anilines is 2. The molecule has 0 aliphatic rings. The smallest absolute Gasteiger partial charge is 0.242 e. The number of aryl methyl sites for hydroxylation is 1. The van der Waals surface area contributed by atoms with Crippen molar-refractivity contribution < 1.29 is 4.74 Å². The van der Waals surface area contributed by atoms with Gasteiger partial charge in [0.25, 0.3) is 0 Å². The topological polar surface area (TPSA) is 90.9 Å². The van der Waals surface area contributed by atoms with Crippen LogP contribution in [0.3, 0.4) is 0 Å². The molecule has 2 heterocycles. The molecule has 0 saturated carbocycles. The maximum absolute atomic E-state index is 5.98. The summed E-state index contributed by atoms with van der Waals surface area (Å²) in [6, 6.07) is 1.91. The van der Waals surface area contributed by atoms with Crippen molar-refractivity contribution in [3.63, 3.8) is 0 Å². The van der Waals surface area contributed by atoms with E-state index in [9.17, 15) is 0 Å². The monoisotopic (exact) mass is 276 g/mol. The molecule has 2 rings (SSSR count). The Morgan fingerprint density at radius 3 is 2.95 bits per heavy atom. The van der Waals surface area contributed by atoms with Crippen molar-refractivity contribution in [1.29, 1.82) is 0 Å². The highest BCUT2D eigenvalue weighted by molar-refractivity contribution is 5.66. The van der Waals surface area contributed by atoms with Crippen molar-refractivity contribution in [3.8, 4) is 5.88 Å². The van der Waals surface area contributed by atoms with Gasteiger partial charge in [0.05, 0.1) is 6.10 Å². The van der Waals surface area contributed by atoms with Gasteiger partial charge in [0.1, 0.15) is 12.0 Å². The summed E-state index contributed by atoms with van der Waals surface area (Å²) in [5.41, 5.74) is 6.42. The van der Waals surface area contributed by atoms with Gasteiger partial charge in [-0.1, -0.05) is 0 Å². The average molecular weight is 276 g/mol. The third-order valence-corrected chi connectivity index (χ3v) is 2.61. The number of ether oxygens (including phenoxy) is 1. The first-order valence-corrected chi connectivity index (χ1v) is 6.65. The average Bonchev–Trinajstić information content (AvgIpc) is 2.91. The molecule has 0 amide bonds. The van der Waals surface area contributed by atoms with Gasteiger partial charge in [-0.25, -0.2) is 4.98 Å². The summed E-state index contributed by atoms with van der Waals surface area (Å²) in [4.78, 5) is 8.17. The molecular formula is C13H20N6O. The first kappa shape index (κ1) is 14.1. The molecule has 20 heavy (non-hydrogen) atoms. The van der Waals surface area contributed by atoms with Gasteiger partial charge in [-0.3, -0.25) is 4.68 Å². The highest BCUT2D eigenvalue weighted by Crippen LogP contribution is 2.25. The standard InChI is InChI=1S/C13H20N6O/c1-10(2)20-13-11(14)12(16-9-17-13)15-5-3-7-19-8-4-6-18-19/h4,6,8-10H,3,5,7,14H2,1-2H3,(H,15,16,17). The van der Waals surface area contributed by atoms with Gasteiger partial charge in [0.15, 0.2) is 5.82 Å². The van der Waals surface area contributed by atoms with Gasteiger partial charge >= 0.3 is 0 Å². The van der Waals surface area contributed by atoms with E-state index in [-0.39, 0.29) is 6.10 Å². The minimum atomic E-state index is 0.0277. The molecule has 0 radical (unpaired) electrons. The number of hydrogen-bond acceptors (Lipinski definition) is 6. The predicted molar refractivity (Wildman–Crippen MR) is 77.5 cm³/mol. The molecule has 0 aliphatic heterocycles. The summed E-state index contributed by atoms with van der Waals surface area (Å²) < 4.78 is 7.41. The van der Waals surface area contributed by atoms with Crippen LogP contribution in [0.25, 0.3) is 0 Å². The maximum atomic E-state index is 5.98. The first-order valence-electron chi connectivity index (χ1n) is 6.65. The lowest BCUT2D eigenvalue weighted by molar-refractivity contribution is 0.234. The van der Waals surface area contributed by atoms with Gasteiger partial charge in [0, 0.05) is 25.5 Å². The zero-order chi connectivity index (χ0) is 14.4. The zero-order valence-corrected chi connectivity index (χ0v) is 11.8. The maximum Gasteiger partial charge on any atom is 0.242 e. The summed E-state index contributed by atoms with van der Waals surface area (Å²) in [5, 5.41) is 7.34. The van der Waals surface area contributed by atoms with Gasteiger partial charge < -0.3 is 15.8 Å². The lowest BCUT2D eigenvalue weighted by Crippen LogP contribution is -2.13. The number of nitrogen functional groups attached to an aromatic ring is 1. The van der Waals surface area contributed by atoms with E-state index in [1.165, 1.54) is 6.33 Å². The lowest BCUT2D eigenvalue weighted by Gasteiger charge is -2.13. The fourth-order valence-electron chi connectivity index (χ4n) is 1.72. The van der Waals surface area contributed by atoms with Gasteiger partial charge in [-0.15, -0.1) is 0 Å². The molecule has 0 aliphatic carbocycles. The highest BCUT2D eigenvalue weighted by atomic mass is 16.5. The van der Waals surface area contributed by atoms with Gasteiger partial charge in [0.2, 0.25) is 5.88 Å². The minimum Gasteiger partial charge on any atom is -0.473 e. The van der Waals surface area contributed by atoms with Crippen LogP contribution in [-0.2, 0) is 6.54 Å². The van der Waals surface area contributed by atoms with Crippen LogP contribution in [0.2, 0.25) is 0 Å². The molecule has 2 aromatic rings. The quantitative estimate of drug-likeness (QED) is 0.745. The van der Waals surface area contributed by atoms with E-state index in [1.807, 2.05) is 30.8 Å². The molecule has 108 valence electrons. The van der Waals surface area contributed by atoms with Crippen molar-refractivity contribution in [1.82, 2.24) is 19.7 Å². The number of hydrogen-bond donors (Lipinski definition) is 2. The van der Waals surface area contributed by atoms with Crippen LogP contribution < -0.4 is 15.8 Å². The Kier molecular flexibility index (Phi) is 4.75.